The highest BCUT2D eigenvalue weighted by molar-refractivity contribution is 14.1. The molecule has 90 valence electrons. The maximum Gasteiger partial charge on any atom is 0.251 e. The number of likely N-dealkylation sites (tertiary alicyclic amines) is 1. The van der Waals surface area contributed by atoms with E-state index in [0.29, 0.717) is 9.26 Å². The number of rotatable bonds is 2. The van der Waals surface area contributed by atoms with Crippen molar-refractivity contribution in [2.24, 2.45) is 0 Å². The minimum Gasteiger partial charge on any atom is -0.372 e. The van der Waals surface area contributed by atoms with Gasteiger partial charge in [-0.05, 0) is 40.8 Å². The molecule has 1 saturated heterocycles. The molecule has 1 heterocycles. The van der Waals surface area contributed by atoms with Crippen molar-refractivity contribution in [3.05, 3.63) is 27.6 Å². The lowest BCUT2D eigenvalue weighted by molar-refractivity contribution is -0.136. The number of hydrogen-bond donors (Lipinski definition) is 1. The molecule has 4 nitrogen and oxygen atoms in total. The van der Waals surface area contributed by atoms with E-state index in [2.05, 4.69) is 5.32 Å². The summed E-state index contributed by atoms with van der Waals surface area (Å²) in [6, 6.07) is 3.70. The molecular formula is C11H10FIN2O2. The predicted molar refractivity (Wildman–Crippen MR) is 68.9 cm³/mol. The second kappa shape index (κ2) is 4.59. The zero-order valence-electron chi connectivity index (χ0n) is 9.04. The van der Waals surface area contributed by atoms with Crippen molar-refractivity contribution in [1.29, 1.82) is 0 Å². The smallest absolute Gasteiger partial charge is 0.251 e. The van der Waals surface area contributed by atoms with Crippen LogP contribution in [0.5, 0.6) is 0 Å². The number of amides is 2. The Kier molecular flexibility index (Phi) is 3.32. The Morgan fingerprint density at radius 3 is 2.71 bits per heavy atom. The van der Waals surface area contributed by atoms with Crippen LogP contribution in [-0.2, 0) is 9.59 Å². The van der Waals surface area contributed by atoms with Crippen LogP contribution in [0.1, 0.15) is 6.42 Å². The summed E-state index contributed by atoms with van der Waals surface area (Å²) in [6.45, 7) is 0. The monoisotopic (exact) mass is 348 g/mol. The first kappa shape index (κ1) is 12.3. The second-order valence-corrected chi connectivity index (χ2v) is 4.98. The molecule has 1 unspecified atom stereocenters. The van der Waals surface area contributed by atoms with E-state index in [1.165, 1.54) is 19.2 Å². The van der Waals surface area contributed by atoms with Gasteiger partial charge in [-0.3, -0.25) is 14.5 Å². The van der Waals surface area contributed by atoms with Gasteiger partial charge in [0.25, 0.3) is 5.91 Å². The molecule has 1 aromatic rings. The van der Waals surface area contributed by atoms with Gasteiger partial charge in [-0.25, -0.2) is 4.39 Å². The normalized spacial score (nSPS) is 19.9. The molecule has 1 aromatic carbocycles. The zero-order valence-corrected chi connectivity index (χ0v) is 11.2. The van der Waals surface area contributed by atoms with Crippen LogP contribution in [0.25, 0.3) is 0 Å². The molecule has 0 aliphatic carbocycles. The number of anilines is 1. The summed E-state index contributed by atoms with van der Waals surface area (Å²) >= 11 is 1.98. The lowest BCUT2D eigenvalue weighted by atomic mass is 10.2. The third-order valence-electron chi connectivity index (χ3n) is 2.64. The number of nitrogens with zero attached hydrogens (tertiary/aromatic N) is 1. The molecule has 2 amide bonds. The van der Waals surface area contributed by atoms with E-state index in [1.807, 2.05) is 22.6 Å². The Bertz CT molecular complexity index is 492. The second-order valence-electron chi connectivity index (χ2n) is 3.82. The number of nitrogens with one attached hydrogen (secondary N) is 1. The van der Waals surface area contributed by atoms with Crippen molar-refractivity contribution in [2.75, 3.05) is 12.4 Å². The van der Waals surface area contributed by atoms with E-state index >= 15 is 0 Å². The van der Waals surface area contributed by atoms with E-state index in [1.54, 1.807) is 6.07 Å². The Labute approximate surface area is 111 Å². The van der Waals surface area contributed by atoms with Crippen LogP contribution in [0.2, 0.25) is 0 Å². The maximum atomic E-state index is 12.9. The molecule has 1 aliphatic rings. The molecule has 0 radical (unpaired) electrons. The summed E-state index contributed by atoms with van der Waals surface area (Å²) in [4.78, 5) is 24.1. The molecule has 0 aromatic heterocycles. The summed E-state index contributed by atoms with van der Waals surface area (Å²) < 4.78 is 13.6. The Balaban J connectivity index is 2.17. The molecule has 6 heteroatoms. The summed E-state index contributed by atoms with van der Waals surface area (Å²) in [7, 11) is 1.46. The predicted octanol–water partition coefficient (Wildman–Crippen LogP) is 1.60. The van der Waals surface area contributed by atoms with Crippen molar-refractivity contribution in [3.8, 4) is 0 Å². The molecule has 1 N–H and O–H groups in total. The van der Waals surface area contributed by atoms with Crippen molar-refractivity contribution >= 4 is 40.1 Å². The van der Waals surface area contributed by atoms with Gasteiger partial charge in [0.15, 0.2) is 0 Å². The Hall–Kier alpha value is -1.18. The van der Waals surface area contributed by atoms with Gasteiger partial charge in [0, 0.05) is 16.3 Å². The van der Waals surface area contributed by atoms with Gasteiger partial charge in [-0.1, -0.05) is 0 Å². The van der Waals surface area contributed by atoms with Crippen LogP contribution in [0, 0.1) is 9.39 Å². The summed E-state index contributed by atoms with van der Waals surface area (Å²) in [5.74, 6) is -0.786. The lowest BCUT2D eigenvalue weighted by Gasteiger charge is -2.13. The van der Waals surface area contributed by atoms with Crippen molar-refractivity contribution < 1.29 is 14.0 Å². The molecule has 0 bridgehead atoms. The molecule has 0 spiro atoms. The molecular weight excluding hydrogens is 338 g/mol. The first-order chi connectivity index (χ1) is 7.99. The minimum absolute atomic E-state index is 0.142. The van der Waals surface area contributed by atoms with Gasteiger partial charge in [-0.2, -0.15) is 0 Å². The van der Waals surface area contributed by atoms with Gasteiger partial charge in [0.2, 0.25) is 5.91 Å². The maximum absolute atomic E-state index is 12.9. The number of halogens is 2. The summed E-state index contributed by atoms with van der Waals surface area (Å²) in [5, 5.41) is 2.96. The summed E-state index contributed by atoms with van der Waals surface area (Å²) in [6.07, 6.45) is 0.142. The van der Waals surface area contributed by atoms with Crippen molar-refractivity contribution in [3.63, 3.8) is 0 Å². The van der Waals surface area contributed by atoms with Gasteiger partial charge in [0.05, 0.1) is 6.42 Å². The molecule has 1 fully saturated rings. The number of imide groups is 1. The quantitative estimate of drug-likeness (QED) is 0.653. The highest BCUT2D eigenvalue weighted by Crippen LogP contribution is 2.22. The largest absolute Gasteiger partial charge is 0.372 e. The average molecular weight is 348 g/mol. The number of carbonyl (C=O) groups excluding carboxylic acids is 2. The van der Waals surface area contributed by atoms with Crippen LogP contribution in [-0.4, -0.2) is 29.8 Å². The fraction of sp³-hybridized carbons (Fsp3) is 0.273. The highest BCUT2D eigenvalue weighted by Gasteiger charge is 2.36. The van der Waals surface area contributed by atoms with Crippen molar-refractivity contribution in [1.82, 2.24) is 4.90 Å². The number of carbonyl (C=O) groups is 2. The molecule has 17 heavy (non-hydrogen) atoms. The Morgan fingerprint density at radius 2 is 2.18 bits per heavy atom. The van der Waals surface area contributed by atoms with Gasteiger partial charge >= 0.3 is 0 Å². The summed E-state index contributed by atoms with van der Waals surface area (Å²) in [5.41, 5.74) is 0.661. The van der Waals surface area contributed by atoms with Gasteiger partial charge in [0.1, 0.15) is 11.9 Å². The minimum atomic E-state index is -0.550. The van der Waals surface area contributed by atoms with Crippen LogP contribution >= 0.6 is 22.6 Å². The molecule has 0 saturated carbocycles. The number of benzene rings is 1. The standard InChI is InChI=1S/C11H10FIN2O2/c1-15-10(16)5-9(11(15)17)14-8-3-2-6(12)4-7(8)13/h2-4,9,14H,5H2,1H3. The first-order valence-electron chi connectivity index (χ1n) is 5.01. The van der Waals surface area contributed by atoms with Gasteiger partial charge < -0.3 is 5.32 Å². The van der Waals surface area contributed by atoms with Crippen LogP contribution < -0.4 is 5.32 Å². The lowest BCUT2D eigenvalue weighted by Crippen LogP contribution is -2.32. The van der Waals surface area contributed by atoms with Gasteiger partial charge in [-0.15, -0.1) is 0 Å². The van der Waals surface area contributed by atoms with E-state index < -0.39 is 6.04 Å². The fourth-order valence-electron chi connectivity index (χ4n) is 1.66. The topological polar surface area (TPSA) is 49.4 Å². The Morgan fingerprint density at radius 1 is 1.47 bits per heavy atom. The van der Waals surface area contributed by atoms with Crippen LogP contribution in [0.4, 0.5) is 10.1 Å². The SMILES string of the molecule is CN1C(=O)CC(Nc2ccc(F)cc2I)C1=O. The van der Waals surface area contributed by atoms with Crippen LogP contribution in [0.3, 0.4) is 0 Å². The molecule has 1 atom stereocenters. The van der Waals surface area contributed by atoms with E-state index in [0.717, 1.165) is 4.90 Å². The fourth-order valence-corrected chi connectivity index (χ4v) is 2.30. The number of likely N-dealkylation sites (N-methyl/N-ethyl adjacent to an activating group) is 1. The van der Waals surface area contributed by atoms with Crippen molar-refractivity contribution in [2.45, 2.75) is 12.5 Å². The highest BCUT2D eigenvalue weighted by atomic mass is 127. The van der Waals surface area contributed by atoms with Crippen LogP contribution in [0.15, 0.2) is 18.2 Å². The zero-order chi connectivity index (χ0) is 12.6. The third kappa shape index (κ3) is 2.41. The van der Waals surface area contributed by atoms with E-state index in [-0.39, 0.29) is 24.1 Å². The third-order valence-corrected chi connectivity index (χ3v) is 3.53. The van der Waals surface area contributed by atoms with E-state index in [4.69, 9.17) is 0 Å². The first-order valence-corrected chi connectivity index (χ1v) is 6.09. The molecule has 2 rings (SSSR count). The number of hydrogen-bond acceptors (Lipinski definition) is 3. The van der Waals surface area contributed by atoms with E-state index in [9.17, 15) is 14.0 Å². The average Bonchev–Trinajstić information content (AvgIpc) is 2.50. The molecule has 1 aliphatic heterocycles.